The first-order valence-electron chi connectivity index (χ1n) is 7.46. The summed E-state index contributed by atoms with van der Waals surface area (Å²) < 4.78 is 0. The zero-order valence-electron chi connectivity index (χ0n) is 11.9. The predicted molar refractivity (Wildman–Crippen MR) is 74.0 cm³/mol. The van der Waals surface area contributed by atoms with E-state index in [2.05, 4.69) is 25.7 Å². The molecule has 1 aliphatic heterocycles. The molecule has 2 heteroatoms. The van der Waals surface area contributed by atoms with Crippen molar-refractivity contribution >= 4 is 0 Å². The minimum Gasteiger partial charge on any atom is -0.328 e. The van der Waals surface area contributed by atoms with Gasteiger partial charge in [0.2, 0.25) is 0 Å². The molecular weight excluding hydrogens is 208 g/mol. The highest BCUT2D eigenvalue weighted by atomic mass is 15.2. The van der Waals surface area contributed by atoms with Gasteiger partial charge in [-0.25, -0.2) is 0 Å². The number of nitrogens with two attached hydrogens (primary N) is 1. The van der Waals surface area contributed by atoms with Crippen molar-refractivity contribution in [3.8, 4) is 0 Å². The Morgan fingerprint density at radius 2 is 1.76 bits per heavy atom. The highest BCUT2D eigenvalue weighted by molar-refractivity contribution is 4.87. The van der Waals surface area contributed by atoms with Crippen molar-refractivity contribution in [1.82, 2.24) is 4.90 Å². The van der Waals surface area contributed by atoms with Crippen molar-refractivity contribution in [1.29, 1.82) is 0 Å². The Morgan fingerprint density at radius 3 is 2.35 bits per heavy atom. The zero-order chi connectivity index (χ0) is 12.5. The smallest absolute Gasteiger partial charge is 0.0111 e. The van der Waals surface area contributed by atoms with Crippen LogP contribution < -0.4 is 5.73 Å². The zero-order valence-corrected chi connectivity index (χ0v) is 11.9. The standard InChI is InChI=1S/C15H30N2/c1-15(2,3)12-5-4-9-17(10-8-12)14-7-6-13(16)11-14/h12-14H,4-11,16H2,1-3H3. The van der Waals surface area contributed by atoms with Crippen LogP contribution in [-0.2, 0) is 0 Å². The van der Waals surface area contributed by atoms with Gasteiger partial charge in [0.1, 0.15) is 0 Å². The molecule has 2 rings (SSSR count). The van der Waals surface area contributed by atoms with Crippen molar-refractivity contribution in [2.45, 2.75) is 71.4 Å². The molecule has 3 unspecified atom stereocenters. The van der Waals surface area contributed by atoms with E-state index in [1.807, 2.05) is 0 Å². The summed E-state index contributed by atoms with van der Waals surface area (Å²) in [5, 5.41) is 0. The van der Waals surface area contributed by atoms with Crippen LogP contribution in [0.5, 0.6) is 0 Å². The Kier molecular flexibility index (Phi) is 4.14. The molecule has 17 heavy (non-hydrogen) atoms. The molecule has 1 heterocycles. The Morgan fingerprint density at radius 1 is 1.00 bits per heavy atom. The van der Waals surface area contributed by atoms with Gasteiger partial charge >= 0.3 is 0 Å². The van der Waals surface area contributed by atoms with E-state index in [-0.39, 0.29) is 0 Å². The quantitative estimate of drug-likeness (QED) is 0.761. The topological polar surface area (TPSA) is 29.3 Å². The Balaban J connectivity index is 1.87. The van der Waals surface area contributed by atoms with Gasteiger partial charge in [-0.05, 0) is 62.9 Å². The normalized spacial score (nSPS) is 37.1. The summed E-state index contributed by atoms with van der Waals surface area (Å²) in [6, 6.07) is 1.27. The maximum Gasteiger partial charge on any atom is 0.0111 e. The average Bonchev–Trinajstić information content (AvgIpc) is 2.53. The van der Waals surface area contributed by atoms with Gasteiger partial charge in [0.25, 0.3) is 0 Å². The lowest BCUT2D eigenvalue weighted by molar-refractivity contribution is 0.182. The van der Waals surface area contributed by atoms with Gasteiger partial charge in [-0.15, -0.1) is 0 Å². The van der Waals surface area contributed by atoms with Crippen LogP contribution in [-0.4, -0.2) is 30.1 Å². The SMILES string of the molecule is CC(C)(C)C1CCCN(C2CCC(N)C2)CC1. The fraction of sp³-hybridized carbons (Fsp3) is 1.00. The number of hydrogen-bond donors (Lipinski definition) is 1. The van der Waals surface area contributed by atoms with Crippen molar-refractivity contribution in [2.24, 2.45) is 17.1 Å². The van der Waals surface area contributed by atoms with Crippen LogP contribution >= 0.6 is 0 Å². The first-order valence-corrected chi connectivity index (χ1v) is 7.46. The van der Waals surface area contributed by atoms with E-state index in [1.165, 1.54) is 51.6 Å². The Hall–Kier alpha value is -0.0800. The minimum absolute atomic E-state index is 0.474. The molecule has 0 aromatic rings. The molecule has 0 spiro atoms. The lowest BCUT2D eigenvalue weighted by Gasteiger charge is -2.31. The summed E-state index contributed by atoms with van der Waals surface area (Å²) >= 11 is 0. The number of hydrogen-bond acceptors (Lipinski definition) is 2. The monoisotopic (exact) mass is 238 g/mol. The van der Waals surface area contributed by atoms with Gasteiger partial charge in [-0.2, -0.15) is 0 Å². The van der Waals surface area contributed by atoms with Gasteiger partial charge in [0, 0.05) is 12.1 Å². The van der Waals surface area contributed by atoms with Crippen LogP contribution in [0.4, 0.5) is 0 Å². The van der Waals surface area contributed by atoms with Crippen molar-refractivity contribution in [3.05, 3.63) is 0 Å². The van der Waals surface area contributed by atoms with Crippen molar-refractivity contribution in [3.63, 3.8) is 0 Å². The van der Waals surface area contributed by atoms with E-state index >= 15 is 0 Å². The molecule has 1 saturated carbocycles. The summed E-state index contributed by atoms with van der Waals surface area (Å²) in [5.74, 6) is 0.905. The second kappa shape index (κ2) is 5.27. The lowest BCUT2D eigenvalue weighted by Crippen LogP contribution is -2.35. The molecule has 0 radical (unpaired) electrons. The van der Waals surface area contributed by atoms with Gasteiger partial charge < -0.3 is 10.6 Å². The molecule has 0 aromatic carbocycles. The van der Waals surface area contributed by atoms with Crippen LogP contribution in [0.15, 0.2) is 0 Å². The molecule has 3 atom stereocenters. The molecule has 0 aromatic heterocycles. The third kappa shape index (κ3) is 3.45. The molecule has 2 nitrogen and oxygen atoms in total. The summed E-state index contributed by atoms with van der Waals surface area (Å²) in [6.45, 7) is 9.82. The van der Waals surface area contributed by atoms with E-state index in [9.17, 15) is 0 Å². The molecule has 1 saturated heterocycles. The molecule has 0 amide bonds. The third-order valence-corrected chi connectivity index (χ3v) is 4.95. The maximum absolute atomic E-state index is 6.04. The predicted octanol–water partition coefficient (Wildman–Crippen LogP) is 3.01. The summed E-state index contributed by atoms with van der Waals surface area (Å²) in [7, 11) is 0. The average molecular weight is 238 g/mol. The van der Waals surface area contributed by atoms with Crippen LogP contribution in [0.25, 0.3) is 0 Å². The van der Waals surface area contributed by atoms with E-state index in [1.54, 1.807) is 0 Å². The highest BCUT2D eigenvalue weighted by Gasteiger charge is 2.31. The van der Waals surface area contributed by atoms with Gasteiger partial charge in [0.15, 0.2) is 0 Å². The van der Waals surface area contributed by atoms with Crippen LogP contribution in [0.3, 0.4) is 0 Å². The molecule has 0 bridgehead atoms. The fourth-order valence-corrected chi connectivity index (χ4v) is 3.67. The fourth-order valence-electron chi connectivity index (χ4n) is 3.67. The molecule has 2 fully saturated rings. The number of rotatable bonds is 1. The van der Waals surface area contributed by atoms with Gasteiger partial charge in [-0.1, -0.05) is 20.8 Å². The summed E-state index contributed by atoms with van der Waals surface area (Å²) in [4.78, 5) is 2.73. The third-order valence-electron chi connectivity index (χ3n) is 4.95. The van der Waals surface area contributed by atoms with Crippen molar-refractivity contribution < 1.29 is 0 Å². The maximum atomic E-state index is 6.04. The first kappa shape index (κ1) is 13.4. The van der Waals surface area contributed by atoms with Crippen LogP contribution in [0.1, 0.15) is 59.3 Å². The molecular formula is C15H30N2. The minimum atomic E-state index is 0.474. The van der Waals surface area contributed by atoms with Gasteiger partial charge in [0.05, 0.1) is 0 Å². The van der Waals surface area contributed by atoms with E-state index in [0.29, 0.717) is 11.5 Å². The lowest BCUT2D eigenvalue weighted by atomic mass is 9.77. The van der Waals surface area contributed by atoms with E-state index < -0.39 is 0 Å². The second-order valence-electron chi connectivity index (χ2n) is 7.26. The molecule has 2 N–H and O–H groups in total. The second-order valence-corrected chi connectivity index (χ2v) is 7.26. The van der Waals surface area contributed by atoms with E-state index in [4.69, 9.17) is 5.73 Å². The number of likely N-dealkylation sites (tertiary alicyclic amines) is 1. The van der Waals surface area contributed by atoms with Crippen LogP contribution in [0.2, 0.25) is 0 Å². The Labute approximate surface area is 107 Å². The molecule has 1 aliphatic carbocycles. The first-order chi connectivity index (χ1) is 7.97. The summed E-state index contributed by atoms with van der Waals surface area (Å²) in [6.07, 6.45) is 7.99. The van der Waals surface area contributed by atoms with Crippen molar-refractivity contribution in [2.75, 3.05) is 13.1 Å². The number of nitrogens with zero attached hydrogens (tertiary/aromatic N) is 1. The summed E-state index contributed by atoms with van der Waals surface area (Å²) in [5.41, 5.74) is 6.53. The van der Waals surface area contributed by atoms with Gasteiger partial charge in [-0.3, -0.25) is 0 Å². The van der Waals surface area contributed by atoms with E-state index in [0.717, 1.165) is 12.0 Å². The highest BCUT2D eigenvalue weighted by Crippen LogP contribution is 2.35. The molecule has 2 aliphatic rings. The Bertz CT molecular complexity index is 244. The molecule has 100 valence electrons. The largest absolute Gasteiger partial charge is 0.328 e. The van der Waals surface area contributed by atoms with Crippen LogP contribution in [0, 0.1) is 11.3 Å².